The topological polar surface area (TPSA) is 85.0 Å². The van der Waals surface area contributed by atoms with Crippen LogP contribution >= 0.6 is 0 Å². The fourth-order valence-electron chi connectivity index (χ4n) is 3.59. The molecule has 1 fully saturated rings. The molecule has 0 aliphatic carbocycles. The molecule has 6 nitrogen and oxygen atoms in total. The molecule has 1 amide bonds. The number of carbonyl (C=O) groups is 1. The molecule has 6 heteroatoms. The van der Waals surface area contributed by atoms with Gasteiger partial charge < -0.3 is 10.6 Å². The molecule has 1 saturated heterocycles. The van der Waals surface area contributed by atoms with Gasteiger partial charge in [0.2, 0.25) is 5.95 Å². The first kappa shape index (κ1) is 17.1. The van der Waals surface area contributed by atoms with E-state index in [0.29, 0.717) is 30.3 Å². The molecule has 1 aliphatic heterocycles. The minimum atomic E-state index is -0.0398. The standard InChI is InChI=1S/C21H21N5O/c22-21-24-14-18(19(25-21)17-4-2-1-3-5-17)20(27)26-12-8-16(9-13-26)15-6-10-23-11-7-15/h1-7,10-11,14,16H,8-9,12-13H2,(H2,22,24,25). The van der Waals surface area contributed by atoms with E-state index in [1.165, 1.54) is 5.56 Å². The summed E-state index contributed by atoms with van der Waals surface area (Å²) in [6.45, 7) is 1.43. The van der Waals surface area contributed by atoms with Crippen molar-refractivity contribution in [2.24, 2.45) is 0 Å². The fraction of sp³-hybridized carbons (Fsp3) is 0.238. The number of benzene rings is 1. The van der Waals surface area contributed by atoms with Crippen molar-refractivity contribution in [3.63, 3.8) is 0 Å². The van der Waals surface area contributed by atoms with Crippen molar-refractivity contribution >= 4 is 11.9 Å². The number of anilines is 1. The zero-order chi connectivity index (χ0) is 18.6. The summed E-state index contributed by atoms with van der Waals surface area (Å²) in [5.41, 5.74) is 9.01. The number of likely N-dealkylation sites (tertiary alicyclic amines) is 1. The van der Waals surface area contributed by atoms with Crippen LogP contribution in [0.4, 0.5) is 5.95 Å². The minimum Gasteiger partial charge on any atom is -0.368 e. The van der Waals surface area contributed by atoms with E-state index in [0.717, 1.165) is 18.4 Å². The molecule has 2 aromatic heterocycles. The summed E-state index contributed by atoms with van der Waals surface area (Å²) in [5.74, 6) is 0.595. The SMILES string of the molecule is Nc1ncc(C(=O)N2CCC(c3ccncc3)CC2)c(-c2ccccc2)n1. The van der Waals surface area contributed by atoms with Crippen LogP contribution in [0.15, 0.2) is 61.1 Å². The minimum absolute atomic E-state index is 0.0398. The smallest absolute Gasteiger partial charge is 0.257 e. The van der Waals surface area contributed by atoms with Crippen LogP contribution in [0, 0.1) is 0 Å². The van der Waals surface area contributed by atoms with Crippen LogP contribution in [0.2, 0.25) is 0 Å². The lowest BCUT2D eigenvalue weighted by Crippen LogP contribution is -2.38. The van der Waals surface area contributed by atoms with Gasteiger partial charge in [-0.1, -0.05) is 30.3 Å². The number of amides is 1. The maximum Gasteiger partial charge on any atom is 0.257 e. The predicted molar refractivity (Wildman–Crippen MR) is 104 cm³/mol. The molecular formula is C21H21N5O. The number of rotatable bonds is 3. The summed E-state index contributed by atoms with van der Waals surface area (Å²) in [5, 5.41) is 0. The summed E-state index contributed by atoms with van der Waals surface area (Å²) in [6.07, 6.45) is 7.07. The van der Waals surface area contributed by atoms with Crippen molar-refractivity contribution in [2.45, 2.75) is 18.8 Å². The molecule has 0 atom stereocenters. The maximum absolute atomic E-state index is 13.1. The van der Waals surface area contributed by atoms with Crippen LogP contribution in [0.1, 0.15) is 34.7 Å². The van der Waals surface area contributed by atoms with E-state index in [1.807, 2.05) is 47.6 Å². The number of piperidine rings is 1. The van der Waals surface area contributed by atoms with Gasteiger partial charge in [0.15, 0.2) is 0 Å². The monoisotopic (exact) mass is 359 g/mol. The van der Waals surface area contributed by atoms with Gasteiger partial charge >= 0.3 is 0 Å². The Kier molecular flexibility index (Phi) is 4.78. The van der Waals surface area contributed by atoms with Gasteiger partial charge in [-0.3, -0.25) is 9.78 Å². The Labute approximate surface area is 158 Å². The first-order chi connectivity index (χ1) is 13.2. The number of aromatic nitrogens is 3. The molecule has 0 spiro atoms. The normalized spacial score (nSPS) is 14.9. The number of carbonyl (C=O) groups excluding carboxylic acids is 1. The van der Waals surface area contributed by atoms with E-state index in [4.69, 9.17) is 5.73 Å². The van der Waals surface area contributed by atoms with Gasteiger partial charge in [-0.25, -0.2) is 9.97 Å². The van der Waals surface area contributed by atoms with Crippen LogP contribution in [-0.4, -0.2) is 38.8 Å². The van der Waals surface area contributed by atoms with Crippen molar-refractivity contribution in [3.8, 4) is 11.3 Å². The van der Waals surface area contributed by atoms with E-state index >= 15 is 0 Å². The molecular weight excluding hydrogens is 338 g/mol. The van der Waals surface area contributed by atoms with Crippen molar-refractivity contribution < 1.29 is 4.79 Å². The second-order valence-electron chi connectivity index (χ2n) is 6.70. The highest BCUT2D eigenvalue weighted by atomic mass is 16.2. The van der Waals surface area contributed by atoms with Gasteiger partial charge in [0.25, 0.3) is 5.91 Å². The molecule has 4 rings (SSSR count). The van der Waals surface area contributed by atoms with Crippen LogP contribution in [-0.2, 0) is 0 Å². The molecule has 2 N–H and O–H groups in total. The highest BCUT2D eigenvalue weighted by Crippen LogP contribution is 2.29. The molecule has 3 heterocycles. The largest absolute Gasteiger partial charge is 0.368 e. The van der Waals surface area contributed by atoms with Gasteiger partial charge in [0, 0.05) is 37.2 Å². The Balaban J connectivity index is 1.54. The van der Waals surface area contributed by atoms with Gasteiger partial charge in [0.1, 0.15) is 0 Å². The third-order valence-corrected chi connectivity index (χ3v) is 5.04. The number of nitrogen functional groups attached to an aromatic ring is 1. The molecule has 0 bridgehead atoms. The predicted octanol–water partition coefficient (Wildman–Crippen LogP) is 3.14. The lowest BCUT2D eigenvalue weighted by Gasteiger charge is -2.32. The summed E-state index contributed by atoms with van der Waals surface area (Å²) >= 11 is 0. The second kappa shape index (κ2) is 7.53. The van der Waals surface area contributed by atoms with Crippen molar-refractivity contribution in [1.29, 1.82) is 0 Å². The van der Waals surface area contributed by atoms with Crippen molar-refractivity contribution in [1.82, 2.24) is 19.9 Å². The quantitative estimate of drug-likeness (QED) is 0.776. The van der Waals surface area contributed by atoms with Crippen LogP contribution < -0.4 is 5.73 Å². The molecule has 1 aliphatic rings. The summed E-state index contributed by atoms with van der Waals surface area (Å²) in [6, 6.07) is 13.7. The Morgan fingerprint density at radius 1 is 1.04 bits per heavy atom. The molecule has 0 radical (unpaired) electrons. The summed E-state index contributed by atoms with van der Waals surface area (Å²) < 4.78 is 0. The number of hydrogen-bond donors (Lipinski definition) is 1. The van der Waals surface area contributed by atoms with Gasteiger partial charge in [0.05, 0.1) is 11.3 Å². The molecule has 3 aromatic rings. The first-order valence-electron chi connectivity index (χ1n) is 9.09. The Hall–Kier alpha value is -3.28. The van der Waals surface area contributed by atoms with E-state index in [1.54, 1.807) is 6.20 Å². The first-order valence-corrected chi connectivity index (χ1v) is 9.09. The lowest BCUT2D eigenvalue weighted by molar-refractivity contribution is 0.0713. The van der Waals surface area contributed by atoms with Gasteiger partial charge in [-0.05, 0) is 36.5 Å². The average Bonchev–Trinajstić information content (AvgIpc) is 2.74. The lowest BCUT2D eigenvalue weighted by atomic mass is 9.90. The summed E-state index contributed by atoms with van der Waals surface area (Å²) in [4.78, 5) is 27.5. The number of nitrogens with two attached hydrogens (primary N) is 1. The third-order valence-electron chi connectivity index (χ3n) is 5.04. The fourth-order valence-corrected chi connectivity index (χ4v) is 3.59. The number of hydrogen-bond acceptors (Lipinski definition) is 5. The molecule has 136 valence electrons. The highest BCUT2D eigenvalue weighted by Gasteiger charge is 2.27. The van der Waals surface area contributed by atoms with Crippen LogP contribution in [0.3, 0.4) is 0 Å². The Bertz CT molecular complexity index is 922. The van der Waals surface area contributed by atoms with Gasteiger partial charge in [-0.2, -0.15) is 0 Å². The van der Waals surface area contributed by atoms with Gasteiger partial charge in [-0.15, -0.1) is 0 Å². The zero-order valence-corrected chi connectivity index (χ0v) is 15.0. The maximum atomic E-state index is 13.1. The molecule has 1 aromatic carbocycles. The molecule has 0 unspecified atom stereocenters. The third kappa shape index (κ3) is 3.65. The Morgan fingerprint density at radius 2 is 1.74 bits per heavy atom. The molecule has 0 saturated carbocycles. The Morgan fingerprint density at radius 3 is 2.44 bits per heavy atom. The number of nitrogens with zero attached hydrogens (tertiary/aromatic N) is 4. The van der Waals surface area contributed by atoms with Crippen molar-refractivity contribution in [3.05, 3.63) is 72.2 Å². The number of pyridine rings is 1. The second-order valence-corrected chi connectivity index (χ2v) is 6.70. The van der Waals surface area contributed by atoms with E-state index in [-0.39, 0.29) is 11.9 Å². The van der Waals surface area contributed by atoms with Crippen LogP contribution in [0.25, 0.3) is 11.3 Å². The molecule has 27 heavy (non-hydrogen) atoms. The highest BCUT2D eigenvalue weighted by molar-refractivity contribution is 5.99. The van der Waals surface area contributed by atoms with Crippen molar-refractivity contribution in [2.75, 3.05) is 18.8 Å². The summed E-state index contributed by atoms with van der Waals surface area (Å²) in [7, 11) is 0. The average molecular weight is 359 g/mol. The van der Waals surface area contributed by atoms with E-state index in [2.05, 4.69) is 27.1 Å². The van der Waals surface area contributed by atoms with E-state index < -0.39 is 0 Å². The van der Waals surface area contributed by atoms with E-state index in [9.17, 15) is 4.79 Å². The zero-order valence-electron chi connectivity index (χ0n) is 15.0. The van der Waals surface area contributed by atoms with Crippen LogP contribution in [0.5, 0.6) is 0 Å².